The van der Waals surface area contributed by atoms with E-state index in [9.17, 15) is 19.7 Å². The van der Waals surface area contributed by atoms with Crippen LogP contribution in [0.15, 0.2) is 22.6 Å². The maximum atomic E-state index is 11.0. The molecule has 0 saturated heterocycles. The van der Waals surface area contributed by atoms with Crippen LogP contribution < -0.4 is 0 Å². The van der Waals surface area contributed by atoms with Gasteiger partial charge in [0.2, 0.25) is 17.3 Å². The van der Waals surface area contributed by atoms with Gasteiger partial charge in [-0.2, -0.15) is 0 Å². The number of carbonyl (C=O) groups is 2. The van der Waals surface area contributed by atoms with Crippen LogP contribution in [-0.4, -0.2) is 32.1 Å². The molecule has 1 aromatic heterocycles. The van der Waals surface area contributed by atoms with Crippen molar-refractivity contribution in [2.24, 2.45) is 0 Å². The second-order valence-electron chi connectivity index (χ2n) is 4.03. The van der Waals surface area contributed by atoms with Gasteiger partial charge in [0.15, 0.2) is 0 Å². The molecule has 1 aromatic carbocycles. The Morgan fingerprint density at radius 3 is 2.43 bits per heavy atom. The molecule has 9 heteroatoms. The highest BCUT2D eigenvalue weighted by Crippen LogP contribution is 2.33. The van der Waals surface area contributed by atoms with Crippen LogP contribution >= 0.6 is 0 Å². The molecule has 2 N–H and O–H groups in total. The van der Waals surface area contributed by atoms with E-state index >= 15 is 0 Å². The van der Waals surface area contributed by atoms with E-state index < -0.39 is 34.2 Å². The molecule has 2 rings (SSSR count). The van der Waals surface area contributed by atoms with Gasteiger partial charge in [0.05, 0.1) is 4.92 Å². The average molecular weight is 292 g/mol. The molecule has 0 aliphatic carbocycles. The quantitative estimate of drug-likeness (QED) is 0.642. The van der Waals surface area contributed by atoms with Crippen molar-refractivity contribution in [2.75, 3.05) is 0 Å². The summed E-state index contributed by atoms with van der Waals surface area (Å²) >= 11 is 0. The lowest BCUT2D eigenvalue weighted by Gasteiger charge is -2.02. The summed E-state index contributed by atoms with van der Waals surface area (Å²) in [6.45, 7) is 1.54. The van der Waals surface area contributed by atoms with E-state index in [2.05, 4.69) is 4.98 Å². The SMILES string of the molecule is Cc1cccc([N+](=O)[O-])c1-c1nc(C(=O)O)c(C(=O)O)o1. The summed E-state index contributed by atoms with van der Waals surface area (Å²) in [5, 5.41) is 28.8. The van der Waals surface area contributed by atoms with Crippen LogP contribution in [0.1, 0.15) is 26.6 Å². The van der Waals surface area contributed by atoms with Gasteiger partial charge >= 0.3 is 11.9 Å². The van der Waals surface area contributed by atoms with Gasteiger partial charge in [0.25, 0.3) is 5.69 Å². The van der Waals surface area contributed by atoms with Crippen LogP contribution in [-0.2, 0) is 0 Å². The Hall–Kier alpha value is -3.23. The maximum absolute atomic E-state index is 11.0. The first-order chi connectivity index (χ1) is 9.82. The van der Waals surface area contributed by atoms with E-state index in [1.807, 2.05) is 0 Å². The second-order valence-corrected chi connectivity index (χ2v) is 4.03. The Kier molecular flexibility index (Phi) is 3.40. The molecular weight excluding hydrogens is 284 g/mol. The van der Waals surface area contributed by atoms with E-state index in [0.29, 0.717) is 5.56 Å². The zero-order chi connectivity index (χ0) is 15.7. The van der Waals surface area contributed by atoms with Crippen molar-refractivity contribution < 1.29 is 29.1 Å². The first kappa shape index (κ1) is 14.2. The molecule has 0 fully saturated rings. The Bertz CT molecular complexity index is 731. The number of nitrogens with zero attached hydrogens (tertiary/aromatic N) is 2. The summed E-state index contributed by atoms with van der Waals surface area (Å²) in [4.78, 5) is 35.8. The largest absolute Gasteiger partial charge is 0.476 e. The van der Waals surface area contributed by atoms with Crippen molar-refractivity contribution in [3.63, 3.8) is 0 Å². The zero-order valence-electron chi connectivity index (χ0n) is 10.6. The predicted molar refractivity (Wildman–Crippen MR) is 67.2 cm³/mol. The van der Waals surface area contributed by atoms with E-state index in [-0.39, 0.29) is 11.3 Å². The van der Waals surface area contributed by atoms with Gasteiger partial charge in [0, 0.05) is 6.07 Å². The molecule has 0 aliphatic heterocycles. The summed E-state index contributed by atoms with van der Waals surface area (Å²) < 4.78 is 4.90. The van der Waals surface area contributed by atoms with Gasteiger partial charge in [-0.05, 0) is 12.5 Å². The molecule has 2 aromatic rings. The molecule has 9 nitrogen and oxygen atoms in total. The Balaban J connectivity index is 2.74. The lowest BCUT2D eigenvalue weighted by Crippen LogP contribution is -2.05. The number of benzene rings is 1. The number of aryl methyl sites for hydroxylation is 1. The topological polar surface area (TPSA) is 144 Å². The van der Waals surface area contributed by atoms with Gasteiger partial charge in [-0.15, -0.1) is 0 Å². The third-order valence-corrected chi connectivity index (χ3v) is 2.69. The summed E-state index contributed by atoms with van der Waals surface area (Å²) in [6, 6.07) is 4.16. The molecule has 0 atom stereocenters. The summed E-state index contributed by atoms with van der Waals surface area (Å²) in [6.07, 6.45) is 0. The van der Waals surface area contributed by atoms with Crippen LogP contribution in [0.3, 0.4) is 0 Å². The highest BCUT2D eigenvalue weighted by Gasteiger charge is 2.29. The van der Waals surface area contributed by atoms with Crippen LogP contribution in [0.25, 0.3) is 11.5 Å². The molecule has 1 heterocycles. The van der Waals surface area contributed by atoms with Crippen LogP contribution in [0.2, 0.25) is 0 Å². The van der Waals surface area contributed by atoms with Crippen molar-refractivity contribution in [3.05, 3.63) is 45.3 Å². The van der Waals surface area contributed by atoms with E-state index in [4.69, 9.17) is 14.6 Å². The van der Waals surface area contributed by atoms with Crippen LogP contribution in [0, 0.1) is 17.0 Å². The number of carboxylic acid groups (broad SMARTS) is 2. The van der Waals surface area contributed by atoms with Gasteiger partial charge < -0.3 is 14.6 Å². The predicted octanol–water partition coefficient (Wildman–Crippen LogP) is 1.95. The number of carboxylic acids is 2. The molecule has 0 spiro atoms. The highest BCUT2D eigenvalue weighted by atomic mass is 16.6. The van der Waals surface area contributed by atoms with Gasteiger partial charge in [-0.1, -0.05) is 12.1 Å². The molecule has 0 saturated carbocycles. The Morgan fingerprint density at radius 2 is 1.95 bits per heavy atom. The lowest BCUT2D eigenvalue weighted by molar-refractivity contribution is -0.384. The van der Waals surface area contributed by atoms with Crippen LogP contribution in [0.4, 0.5) is 5.69 Å². The third kappa shape index (κ3) is 2.43. The fourth-order valence-electron chi connectivity index (χ4n) is 1.80. The molecule has 0 aliphatic rings. The van der Waals surface area contributed by atoms with Crippen molar-refractivity contribution in [2.45, 2.75) is 6.92 Å². The number of nitro benzene ring substituents is 1. The van der Waals surface area contributed by atoms with Gasteiger partial charge in [0.1, 0.15) is 5.56 Å². The number of nitro groups is 1. The smallest absolute Gasteiger partial charge is 0.374 e. The number of hydrogen-bond acceptors (Lipinski definition) is 6. The normalized spacial score (nSPS) is 10.3. The third-order valence-electron chi connectivity index (χ3n) is 2.69. The monoisotopic (exact) mass is 292 g/mol. The minimum Gasteiger partial charge on any atom is -0.476 e. The van der Waals surface area contributed by atoms with E-state index in [1.165, 1.54) is 25.1 Å². The fraction of sp³-hybridized carbons (Fsp3) is 0.0833. The number of hydrogen-bond donors (Lipinski definition) is 2. The maximum Gasteiger partial charge on any atom is 0.374 e. The molecule has 108 valence electrons. The lowest BCUT2D eigenvalue weighted by atomic mass is 10.1. The fourth-order valence-corrected chi connectivity index (χ4v) is 1.80. The van der Waals surface area contributed by atoms with E-state index in [0.717, 1.165) is 0 Å². The number of oxazole rings is 1. The number of rotatable bonds is 4. The minimum atomic E-state index is -1.62. The Morgan fingerprint density at radius 1 is 1.29 bits per heavy atom. The minimum absolute atomic E-state index is 0.0579. The number of aromatic carboxylic acids is 2. The van der Waals surface area contributed by atoms with Crippen molar-refractivity contribution in [1.29, 1.82) is 0 Å². The van der Waals surface area contributed by atoms with Gasteiger partial charge in [-0.3, -0.25) is 10.1 Å². The number of aromatic nitrogens is 1. The summed E-state index contributed by atoms with van der Waals surface area (Å²) in [5.41, 5.74) is -0.822. The van der Waals surface area contributed by atoms with Crippen LogP contribution in [0.5, 0.6) is 0 Å². The van der Waals surface area contributed by atoms with E-state index in [1.54, 1.807) is 0 Å². The first-order valence-corrected chi connectivity index (χ1v) is 5.54. The van der Waals surface area contributed by atoms with Gasteiger partial charge in [-0.25, -0.2) is 14.6 Å². The first-order valence-electron chi connectivity index (χ1n) is 5.54. The summed E-state index contributed by atoms with van der Waals surface area (Å²) in [5.74, 6) is -4.52. The zero-order valence-corrected chi connectivity index (χ0v) is 10.6. The molecular formula is C12H8N2O7. The molecule has 21 heavy (non-hydrogen) atoms. The van der Waals surface area contributed by atoms with Crippen molar-refractivity contribution in [1.82, 2.24) is 4.98 Å². The highest BCUT2D eigenvalue weighted by molar-refractivity contribution is 5.98. The Labute approximate surface area is 116 Å². The molecule has 0 amide bonds. The standard InChI is InChI=1S/C12H8N2O7/c1-5-3-2-4-6(14(19)20)7(5)10-13-8(11(15)16)9(21-10)12(17)18/h2-4H,1H3,(H,15,16)(H,17,18). The van der Waals surface area contributed by atoms with Crippen molar-refractivity contribution in [3.8, 4) is 11.5 Å². The average Bonchev–Trinajstić information content (AvgIpc) is 2.83. The summed E-state index contributed by atoms with van der Waals surface area (Å²) in [7, 11) is 0. The molecule has 0 bridgehead atoms. The second kappa shape index (κ2) is 5.04. The molecule has 0 radical (unpaired) electrons. The van der Waals surface area contributed by atoms with Crippen molar-refractivity contribution >= 4 is 17.6 Å². The molecule has 0 unspecified atom stereocenters.